The van der Waals surface area contributed by atoms with Crippen LogP contribution in [0.2, 0.25) is 0 Å². The second-order valence-corrected chi connectivity index (χ2v) is 5.27. The van der Waals surface area contributed by atoms with E-state index in [-0.39, 0.29) is 12.4 Å². The summed E-state index contributed by atoms with van der Waals surface area (Å²) < 4.78 is 24.0. The predicted octanol–water partition coefficient (Wildman–Crippen LogP) is 4.13. The van der Waals surface area contributed by atoms with Crippen molar-refractivity contribution in [2.24, 2.45) is 0 Å². The number of fused-ring (bicyclic) bond motifs is 1. The third kappa shape index (κ3) is 2.86. The number of halogens is 1. The summed E-state index contributed by atoms with van der Waals surface area (Å²) in [6.45, 7) is 4.13. The van der Waals surface area contributed by atoms with Gasteiger partial charge in [0, 0.05) is 23.1 Å². The summed E-state index contributed by atoms with van der Waals surface area (Å²) in [6.07, 6.45) is 0. The van der Waals surface area contributed by atoms with E-state index >= 15 is 0 Å². The fourth-order valence-electron chi connectivity index (χ4n) is 2.32. The summed E-state index contributed by atoms with van der Waals surface area (Å²) in [7, 11) is 0. The summed E-state index contributed by atoms with van der Waals surface area (Å²) in [5.41, 5.74) is 2.99. The van der Waals surface area contributed by atoms with E-state index < -0.39 is 5.63 Å². The lowest BCUT2D eigenvalue weighted by molar-refractivity contribution is 0.305. The van der Waals surface area contributed by atoms with Crippen molar-refractivity contribution in [1.82, 2.24) is 0 Å². The molecule has 0 atom stereocenters. The molecular weight excluding hydrogens is 283 g/mol. The number of hydrogen-bond acceptors (Lipinski definition) is 3. The van der Waals surface area contributed by atoms with E-state index in [0.717, 1.165) is 22.1 Å². The van der Waals surface area contributed by atoms with Gasteiger partial charge in [0.1, 0.15) is 23.8 Å². The minimum absolute atomic E-state index is 0.175. The van der Waals surface area contributed by atoms with Crippen LogP contribution in [0.3, 0.4) is 0 Å². The number of rotatable bonds is 3. The van der Waals surface area contributed by atoms with Crippen molar-refractivity contribution in [2.45, 2.75) is 20.5 Å². The van der Waals surface area contributed by atoms with Gasteiger partial charge in [-0.15, -0.1) is 0 Å². The first-order valence-electron chi connectivity index (χ1n) is 6.95. The van der Waals surface area contributed by atoms with Crippen molar-refractivity contribution < 1.29 is 13.5 Å². The quantitative estimate of drug-likeness (QED) is 0.683. The maximum absolute atomic E-state index is 13.2. The summed E-state index contributed by atoms with van der Waals surface area (Å²) in [4.78, 5) is 11.7. The lowest BCUT2D eigenvalue weighted by Gasteiger charge is -2.10. The molecule has 22 heavy (non-hydrogen) atoms. The largest absolute Gasteiger partial charge is 0.489 e. The number of benzene rings is 2. The third-order valence-electron chi connectivity index (χ3n) is 3.63. The Balaban J connectivity index is 1.99. The molecule has 0 aliphatic carbocycles. The van der Waals surface area contributed by atoms with Crippen LogP contribution in [0.25, 0.3) is 11.0 Å². The van der Waals surface area contributed by atoms with Gasteiger partial charge in [-0.25, -0.2) is 9.18 Å². The van der Waals surface area contributed by atoms with E-state index in [2.05, 4.69) is 0 Å². The Bertz CT molecular complexity index is 896. The van der Waals surface area contributed by atoms with Gasteiger partial charge in [0.25, 0.3) is 0 Å². The molecule has 3 rings (SSSR count). The maximum atomic E-state index is 13.2. The van der Waals surface area contributed by atoms with E-state index in [1.807, 2.05) is 26.0 Å². The highest BCUT2D eigenvalue weighted by Crippen LogP contribution is 2.23. The van der Waals surface area contributed by atoms with Gasteiger partial charge < -0.3 is 9.15 Å². The Morgan fingerprint density at radius 3 is 2.64 bits per heavy atom. The zero-order valence-electron chi connectivity index (χ0n) is 12.4. The Morgan fingerprint density at radius 1 is 1.09 bits per heavy atom. The van der Waals surface area contributed by atoms with E-state index in [1.54, 1.807) is 12.1 Å². The van der Waals surface area contributed by atoms with Crippen LogP contribution in [0, 0.1) is 19.7 Å². The van der Waals surface area contributed by atoms with E-state index in [9.17, 15) is 9.18 Å². The topological polar surface area (TPSA) is 39.4 Å². The molecule has 0 N–H and O–H groups in total. The van der Waals surface area contributed by atoms with Crippen molar-refractivity contribution in [3.8, 4) is 5.75 Å². The third-order valence-corrected chi connectivity index (χ3v) is 3.63. The van der Waals surface area contributed by atoms with Crippen LogP contribution in [-0.4, -0.2) is 0 Å². The average Bonchev–Trinajstić information content (AvgIpc) is 2.47. The first-order valence-corrected chi connectivity index (χ1v) is 6.95. The molecule has 112 valence electrons. The van der Waals surface area contributed by atoms with Gasteiger partial charge in [0.2, 0.25) is 0 Å². The van der Waals surface area contributed by atoms with E-state index in [0.29, 0.717) is 11.3 Å². The molecule has 0 saturated carbocycles. The monoisotopic (exact) mass is 298 g/mol. The van der Waals surface area contributed by atoms with Crippen LogP contribution in [0.1, 0.15) is 16.7 Å². The van der Waals surface area contributed by atoms with E-state index in [4.69, 9.17) is 9.15 Å². The smallest absolute Gasteiger partial charge is 0.336 e. The number of aryl methyl sites for hydroxylation is 2. The van der Waals surface area contributed by atoms with Crippen molar-refractivity contribution in [3.63, 3.8) is 0 Å². The lowest BCUT2D eigenvalue weighted by atomic mass is 10.0. The molecule has 0 unspecified atom stereocenters. The van der Waals surface area contributed by atoms with Gasteiger partial charge in [0.15, 0.2) is 0 Å². The van der Waals surface area contributed by atoms with Gasteiger partial charge in [-0.2, -0.15) is 0 Å². The first-order chi connectivity index (χ1) is 10.5. The molecule has 0 bridgehead atoms. The molecule has 2 aromatic carbocycles. The molecule has 0 fully saturated rings. The summed E-state index contributed by atoms with van der Waals surface area (Å²) in [6, 6.07) is 11.1. The van der Waals surface area contributed by atoms with E-state index in [1.165, 1.54) is 18.2 Å². The van der Waals surface area contributed by atoms with Gasteiger partial charge in [-0.05, 0) is 49.2 Å². The zero-order valence-corrected chi connectivity index (χ0v) is 12.4. The zero-order chi connectivity index (χ0) is 15.7. The number of ether oxygens (including phenoxy) is 1. The van der Waals surface area contributed by atoms with Crippen LogP contribution in [0.5, 0.6) is 5.75 Å². The van der Waals surface area contributed by atoms with Crippen molar-refractivity contribution in [3.05, 3.63) is 75.4 Å². The highest BCUT2D eigenvalue weighted by molar-refractivity contribution is 5.81. The highest BCUT2D eigenvalue weighted by Gasteiger charge is 2.08. The fraction of sp³-hybridized carbons (Fsp3) is 0.167. The number of hydrogen-bond donors (Lipinski definition) is 0. The fourth-order valence-corrected chi connectivity index (χ4v) is 2.32. The van der Waals surface area contributed by atoms with Gasteiger partial charge in [-0.1, -0.05) is 6.07 Å². The molecule has 1 heterocycles. The van der Waals surface area contributed by atoms with Crippen LogP contribution in [0.4, 0.5) is 4.39 Å². The van der Waals surface area contributed by atoms with Crippen LogP contribution < -0.4 is 10.4 Å². The predicted molar refractivity (Wildman–Crippen MR) is 82.7 cm³/mol. The second-order valence-electron chi connectivity index (χ2n) is 5.27. The lowest BCUT2D eigenvalue weighted by Crippen LogP contribution is -2.04. The molecule has 4 heteroatoms. The van der Waals surface area contributed by atoms with Gasteiger partial charge >= 0.3 is 5.63 Å². The molecule has 0 spiro atoms. The molecule has 1 aromatic heterocycles. The summed E-state index contributed by atoms with van der Waals surface area (Å²) >= 11 is 0. The normalized spacial score (nSPS) is 10.9. The molecule has 3 aromatic rings. The standard InChI is InChI=1S/C18H15FO3/c1-11-6-16-13(8-18(20)22-17(16)7-12(11)2)10-21-15-5-3-4-14(19)9-15/h3-9H,10H2,1-2H3. The maximum Gasteiger partial charge on any atom is 0.336 e. The van der Waals surface area contributed by atoms with Gasteiger partial charge in [0.05, 0.1) is 0 Å². The summed E-state index contributed by atoms with van der Waals surface area (Å²) in [5.74, 6) is 0.0617. The summed E-state index contributed by atoms with van der Waals surface area (Å²) in [5, 5.41) is 0.833. The minimum Gasteiger partial charge on any atom is -0.489 e. The highest BCUT2D eigenvalue weighted by atomic mass is 19.1. The van der Waals surface area contributed by atoms with Crippen LogP contribution >= 0.6 is 0 Å². The molecule has 0 saturated heterocycles. The van der Waals surface area contributed by atoms with Crippen LogP contribution in [0.15, 0.2) is 51.7 Å². The molecular formula is C18H15FO3. The minimum atomic E-state index is -0.423. The second kappa shape index (κ2) is 5.64. The van der Waals surface area contributed by atoms with Gasteiger partial charge in [-0.3, -0.25) is 0 Å². The molecule has 0 radical (unpaired) electrons. The Labute approximate surface area is 127 Å². The Hall–Kier alpha value is -2.62. The Kier molecular flexibility index (Phi) is 3.67. The van der Waals surface area contributed by atoms with Crippen molar-refractivity contribution in [2.75, 3.05) is 0 Å². The molecule has 0 aliphatic rings. The Morgan fingerprint density at radius 2 is 1.86 bits per heavy atom. The van der Waals surface area contributed by atoms with Crippen molar-refractivity contribution >= 4 is 11.0 Å². The van der Waals surface area contributed by atoms with Crippen LogP contribution in [-0.2, 0) is 6.61 Å². The van der Waals surface area contributed by atoms with Crippen molar-refractivity contribution in [1.29, 1.82) is 0 Å². The molecule has 3 nitrogen and oxygen atoms in total. The SMILES string of the molecule is Cc1cc2oc(=O)cc(COc3cccc(F)c3)c2cc1C. The molecule has 0 aliphatic heterocycles. The molecule has 0 amide bonds. The first kappa shape index (κ1) is 14.3. The average molecular weight is 298 g/mol.